The molecule has 1 saturated heterocycles. The smallest absolute Gasteiger partial charge is 0.293 e. The van der Waals surface area contributed by atoms with Crippen molar-refractivity contribution >= 4 is 11.7 Å². The maximum absolute atomic E-state index is 12.0. The Labute approximate surface area is 168 Å². The molecule has 3 rings (SSSR count). The van der Waals surface area contributed by atoms with Crippen LogP contribution in [-0.4, -0.2) is 42.6 Å². The van der Waals surface area contributed by atoms with Crippen molar-refractivity contribution in [3.05, 3.63) is 22.4 Å². The van der Waals surface area contributed by atoms with Gasteiger partial charge in [-0.3, -0.25) is 9.69 Å². The molecule has 6 nitrogen and oxygen atoms in total. The van der Waals surface area contributed by atoms with E-state index in [1.165, 1.54) is 5.69 Å². The fourth-order valence-electron chi connectivity index (χ4n) is 4.21. The summed E-state index contributed by atoms with van der Waals surface area (Å²) in [5.41, 5.74) is 3.96. The SMILES string of the molecule is CCC(=O)N1CCN(c2[nH+]c(CC(C)C)c3c(c2C#N)CC(C)(C)OC3)CC1. The standard InChI is InChI=1S/C22H32N4O2/c1-6-20(27)25-7-9-26(10-8-25)21-17(13-23)16-12-22(4,5)28-14-18(16)19(24-21)11-15(2)3/h15H,6-12,14H2,1-5H3/p+1. The Morgan fingerprint density at radius 3 is 2.50 bits per heavy atom. The Morgan fingerprint density at radius 1 is 1.25 bits per heavy atom. The topological polar surface area (TPSA) is 70.7 Å². The fourth-order valence-corrected chi connectivity index (χ4v) is 4.21. The Hall–Kier alpha value is -2.13. The molecule has 0 spiro atoms. The summed E-state index contributed by atoms with van der Waals surface area (Å²) in [6, 6.07) is 2.48. The average molecular weight is 386 g/mol. The van der Waals surface area contributed by atoms with E-state index in [1.54, 1.807) is 0 Å². The molecule has 1 fully saturated rings. The normalized spacial score (nSPS) is 18.8. The van der Waals surface area contributed by atoms with Gasteiger partial charge in [0.15, 0.2) is 0 Å². The van der Waals surface area contributed by atoms with Gasteiger partial charge in [-0.2, -0.15) is 5.26 Å². The molecule has 0 saturated carbocycles. The molecular formula is C22H33N4O2+. The van der Waals surface area contributed by atoms with Gasteiger partial charge in [0.25, 0.3) is 5.82 Å². The molecule has 1 amide bonds. The second-order valence-corrected chi connectivity index (χ2v) is 8.94. The number of piperazine rings is 1. The lowest BCUT2D eigenvalue weighted by atomic mass is 9.86. The second-order valence-electron chi connectivity index (χ2n) is 8.94. The van der Waals surface area contributed by atoms with Crippen molar-refractivity contribution < 1.29 is 14.5 Å². The molecule has 2 aliphatic heterocycles. The number of ether oxygens (including phenoxy) is 1. The maximum Gasteiger partial charge on any atom is 0.293 e. The zero-order valence-electron chi connectivity index (χ0n) is 17.9. The highest BCUT2D eigenvalue weighted by atomic mass is 16.5. The van der Waals surface area contributed by atoms with Crippen molar-refractivity contribution in [3.8, 4) is 6.07 Å². The molecule has 0 aromatic carbocycles. The highest BCUT2D eigenvalue weighted by Gasteiger charge is 2.36. The molecule has 1 aromatic heterocycles. The van der Waals surface area contributed by atoms with Gasteiger partial charge in [0.1, 0.15) is 30.4 Å². The van der Waals surface area contributed by atoms with Crippen LogP contribution in [0.2, 0.25) is 0 Å². The van der Waals surface area contributed by atoms with Crippen LogP contribution in [0, 0.1) is 17.2 Å². The molecule has 28 heavy (non-hydrogen) atoms. The summed E-state index contributed by atoms with van der Waals surface area (Å²) in [5, 5.41) is 10.0. The number of fused-ring (bicyclic) bond motifs is 1. The zero-order chi connectivity index (χ0) is 20.5. The predicted molar refractivity (Wildman–Crippen MR) is 108 cm³/mol. The Balaban J connectivity index is 1.99. The first kappa shape index (κ1) is 20.6. The number of rotatable bonds is 4. The number of aromatic amines is 1. The third-order valence-corrected chi connectivity index (χ3v) is 5.72. The van der Waals surface area contributed by atoms with E-state index in [0.717, 1.165) is 48.4 Å². The number of pyridine rings is 1. The Morgan fingerprint density at radius 2 is 1.93 bits per heavy atom. The van der Waals surface area contributed by atoms with E-state index >= 15 is 0 Å². The van der Waals surface area contributed by atoms with E-state index in [4.69, 9.17) is 4.74 Å². The molecular weight excluding hydrogens is 352 g/mol. The summed E-state index contributed by atoms with van der Waals surface area (Å²) in [4.78, 5) is 19.8. The number of anilines is 1. The number of nitrogens with one attached hydrogen (secondary N) is 1. The summed E-state index contributed by atoms with van der Waals surface area (Å²) in [5.74, 6) is 1.63. The van der Waals surface area contributed by atoms with Crippen molar-refractivity contribution in [2.45, 2.75) is 66.1 Å². The first-order valence-electron chi connectivity index (χ1n) is 10.4. The highest BCUT2D eigenvalue weighted by Crippen LogP contribution is 2.34. The van der Waals surface area contributed by atoms with Crippen LogP contribution in [0.15, 0.2) is 0 Å². The summed E-state index contributed by atoms with van der Waals surface area (Å²) >= 11 is 0. The second kappa shape index (κ2) is 8.08. The lowest BCUT2D eigenvalue weighted by Gasteiger charge is -2.35. The molecule has 6 heteroatoms. The third kappa shape index (κ3) is 4.15. The van der Waals surface area contributed by atoms with E-state index in [9.17, 15) is 10.1 Å². The van der Waals surface area contributed by atoms with Gasteiger partial charge >= 0.3 is 0 Å². The number of amides is 1. The minimum Gasteiger partial charge on any atom is -0.370 e. The number of carbonyl (C=O) groups is 1. The summed E-state index contributed by atoms with van der Waals surface area (Å²) in [7, 11) is 0. The van der Waals surface area contributed by atoms with Gasteiger partial charge < -0.3 is 9.64 Å². The van der Waals surface area contributed by atoms with Crippen molar-refractivity contribution in [2.75, 3.05) is 31.1 Å². The van der Waals surface area contributed by atoms with Crippen molar-refractivity contribution in [1.29, 1.82) is 5.26 Å². The lowest BCUT2D eigenvalue weighted by Crippen LogP contribution is -2.50. The zero-order valence-corrected chi connectivity index (χ0v) is 17.9. The number of carbonyl (C=O) groups excluding carboxylic acids is 1. The molecule has 2 aliphatic rings. The Bertz CT molecular complexity index is 787. The van der Waals surface area contributed by atoms with Gasteiger partial charge in [-0.15, -0.1) is 0 Å². The number of nitrogens with zero attached hydrogens (tertiary/aromatic N) is 3. The van der Waals surface area contributed by atoms with Crippen LogP contribution in [0.1, 0.15) is 63.4 Å². The first-order chi connectivity index (χ1) is 13.3. The van der Waals surface area contributed by atoms with Gasteiger partial charge in [-0.05, 0) is 25.3 Å². The monoisotopic (exact) mass is 385 g/mol. The number of hydrogen-bond acceptors (Lipinski definition) is 4. The van der Waals surface area contributed by atoms with E-state index in [1.807, 2.05) is 11.8 Å². The number of hydrogen-bond donors (Lipinski definition) is 0. The average Bonchev–Trinajstić information content (AvgIpc) is 2.66. The molecule has 1 aromatic rings. The predicted octanol–water partition coefficient (Wildman–Crippen LogP) is 2.48. The molecule has 0 radical (unpaired) electrons. The van der Waals surface area contributed by atoms with Crippen molar-refractivity contribution in [3.63, 3.8) is 0 Å². The quantitative estimate of drug-likeness (QED) is 0.798. The number of nitriles is 1. The van der Waals surface area contributed by atoms with Crippen LogP contribution < -0.4 is 9.88 Å². The van der Waals surface area contributed by atoms with Crippen molar-refractivity contribution in [2.24, 2.45) is 5.92 Å². The van der Waals surface area contributed by atoms with E-state index in [-0.39, 0.29) is 11.5 Å². The van der Waals surface area contributed by atoms with Crippen LogP contribution in [0.4, 0.5) is 5.82 Å². The molecule has 3 heterocycles. The van der Waals surface area contributed by atoms with Gasteiger partial charge in [0.05, 0.1) is 25.3 Å². The molecule has 0 aliphatic carbocycles. The van der Waals surface area contributed by atoms with Crippen LogP contribution in [-0.2, 0) is 29.0 Å². The summed E-state index contributed by atoms with van der Waals surface area (Å²) in [6.07, 6.45) is 2.22. The van der Waals surface area contributed by atoms with Crippen LogP contribution in [0.25, 0.3) is 0 Å². The lowest BCUT2D eigenvalue weighted by molar-refractivity contribution is -0.379. The molecule has 1 N–H and O–H groups in total. The highest BCUT2D eigenvalue weighted by molar-refractivity contribution is 5.76. The molecule has 0 unspecified atom stereocenters. The molecule has 152 valence electrons. The molecule has 0 bridgehead atoms. The van der Waals surface area contributed by atoms with Gasteiger partial charge in [0.2, 0.25) is 5.91 Å². The van der Waals surface area contributed by atoms with Gasteiger partial charge in [-0.1, -0.05) is 20.8 Å². The van der Waals surface area contributed by atoms with E-state index in [2.05, 4.69) is 43.6 Å². The van der Waals surface area contributed by atoms with Crippen LogP contribution in [0.5, 0.6) is 0 Å². The van der Waals surface area contributed by atoms with Gasteiger partial charge in [-0.25, -0.2) is 4.98 Å². The maximum atomic E-state index is 12.0. The van der Waals surface area contributed by atoms with Crippen molar-refractivity contribution in [1.82, 2.24) is 4.90 Å². The first-order valence-corrected chi connectivity index (χ1v) is 10.4. The van der Waals surface area contributed by atoms with Gasteiger partial charge in [0, 0.05) is 24.8 Å². The Kier molecular flexibility index (Phi) is 5.95. The molecule has 0 atom stereocenters. The third-order valence-electron chi connectivity index (χ3n) is 5.72. The van der Waals surface area contributed by atoms with Crippen LogP contribution >= 0.6 is 0 Å². The number of H-pyrrole nitrogens is 1. The summed E-state index contributed by atoms with van der Waals surface area (Å²) < 4.78 is 6.06. The minimum atomic E-state index is -0.265. The largest absolute Gasteiger partial charge is 0.370 e. The van der Waals surface area contributed by atoms with E-state index in [0.29, 0.717) is 32.0 Å². The van der Waals surface area contributed by atoms with E-state index < -0.39 is 0 Å². The fraction of sp³-hybridized carbons (Fsp3) is 0.682. The van der Waals surface area contributed by atoms with Crippen LogP contribution in [0.3, 0.4) is 0 Å². The summed E-state index contributed by atoms with van der Waals surface area (Å²) in [6.45, 7) is 14.0. The number of aromatic nitrogens is 1. The minimum absolute atomic E-state index is 0.203.